The Hall–Kier alpha value is -3.17. The number of carbonyl (C=O) groups excluding carboxylic acids is 2. The zero-order valence-corrected chi connectivity index (χ0v) is 18.0. The lowest BCUT2D eigenvalue weighted by Crippen LogP contribution is -2.22. The molecular weight excluding hydrogens is 424 g/mol. The van der Waals surface area contributed by atoms with Crippen molar-refractivity contribution in [3.63, 3.8) is 0 Å². The molecule has 0 atom stereocenters. The predicted molar refractivity (Wildman–Crippen MR) is 116 cm³/mol. The van der Waals surface area contributed by atoms with Crippen molar-refractivity contribution >= 4 is 44.6 Å². The normalized spacial score (nSPS) is 11.0. The number of benzene rings is 2. The minimum Gasteiger partial charge on any atom is -0.452 e. The van der Waals surface area contributed by atoms with Gasteiger partial charge in [-0.15, -0.1) is 11.3 Å². The molecular formula is C21H20N2O5S2. The van der Waals surface area contributed by atoms with E-state index in [4.69, 9.17) is 4.74 Å². The van der Waals surface area contributed by atoms with Crippen molar-refractivity contribution in [1.29, 1.82) is 0 Å². The van der Waals surface area contributed by atoms with Crippen LogP contribution >= 0.6 is 11.3 Å². The number of para-hydroxylation sites is 2. The van der Waals surface area contributed by atoms with Crippen LogP contribution in [0.3, 0.4) is 0 Å². The maximum atomic E-state index is 12.5. The molecule has 1 aromatic heterocycles. The van der Waals surface area contributed by atoms with Crippen LogP contribution in [0, 0.1) is 13.8 Å². The molecule has 0 saturated heterocycles. The van der Waals surface area contributed by atoms with Gasteiger partial charge in [-0.1, -0.05) is 36.4 Å². The molecule has 30 heavy (non-hydrogen) atoms. The number of rotatable bonds is 7. The Balaban J connectivity index is 1.68. The Morgan fingerprint density at radius 1 is 0.967 bits per heavy atom. The minimum atomic E-state index is -3.83. The van der Waals surface area contributed by atoms with Crippen molar-refractivity contribution in [2.45, 2.75) is 18.1 Å². The fraction of sp³-hybridized carbons (Fsp3) is 0.143. The lowest BCUT2D eigenvalue weighted by Gasteiger charge is -2.13. The maximum Gasteiger partial charge on any atom is 0.340 e. The van der Waals surface area contributed by atoms with Crippen LogP contribution in [-0.2, 0) is 19.6 Å². The van der Waals surface area contributed by atoms with E-state index in [-0.39, 0.29) is 15.5 Å². The first kappa shape index (κ1) is 21.5. The number of amides is 1. The molecule has 0 fully saturated rings. The fourth-order valence-corrected chi connectivity index (χ4v) is 4.83. The molecule has 0 radical (unpaired) electrons. The zero-order valence-electron chi connectivity index (χ0n) is 16.3. The van der Waals surface area contributed by atoms with Gasteiger partial charge < -0.3 is 10.1 Å². The molecule has 0 saturated carbocycles. The number of thiophene rings is 1. The van der Waals surface area contributed by atoms with E-state index in [9.17, 15) is 18.0 Å². The van der Waals surface area contributed by atoms with E-state index >= 15 is 0 Å². The highest BCUT2D eigenvalue weighted by atomic mass is 32.2. The molecule has 3 rings (SSSR count). The SMILES string of the molecule is Cc1cccc(C)c1NC(=O)COC(=O)c1ccccc1NS(=O)(=O)c1cccs1. The van der Waals surface area contributed by atoms with E-state index in [2.05, 4.69) is 10.0 Å². The highest BCUT2D eigenvalue weighted by Gasteiger charge is 2.20. The van der Waals surface area contributed by atoms with Gasteiger partial charge in [0.05, 0.1) is 11.3 Å². The number of nitrogens with one attached hydrogen (secondary N) is 2. The molecule has 0 spiro atoms. The number of hydrogen-bond acceptors (Lipinski definition) is 6. The van der Waals surface area contributed by atoms with Crippen LogP contribution in [0.5, 0.6) is 0 Å². The Kier molecular flexibility index (Phi) is 6.53. The Labute approximate surface area is 178 Å². The van der Waals surface area contributed by atoms with Crippen molar-refractivity contribution in [3.05, 3.63) is 76.7 Å². The van der Waals surface area contributed by atoms with Gasteiger partial charge in [0.15, 0.2) is 6.61 Å². The molecule has 2 N–H and O–H groups in total. The second kappa shape index (κ2) is 9.10. The number of aryl methyl sites for hydroxylation is 2. The van der Waals surface area contributed by atoms with E-state index in [0.717, 1.165) is 22.5 Å². The van der Waals surface area contributed by atoms with Gasteiger partial charge in [-0.3, -0.25) is 9.52 Å². The fourth-order valence-electron chi connectivity index (χ4n) is 2.76. The molecule has 1 amide bonds. The lowest BCUT2D eigenvalue weighted by molar-refractivity contribution is -0.119. The first-order valence-corrected chi connectivity index (χ1v) is 11.3. The number of sulfonamides is 1. The smallest absolute Gasteiger partial charge is 0.340 e. The first-order chi connectivity index (χ1) is 14.3. The summed E-state index contributed by atoms with van der Waals surface area (Å²) in [4.78, 5) is 24.7. The van der Waals surface area contributed by atoms with Crippen LogP contribution < -0.4 is 10.0 Å². The number of anilines is 2. The summed E-state index contributed by atoms with van der Waals surface area (Å²) in [6, 6.07) is 14.8. The van der Waals surface area contributed by atoms with E-state index in [1.54, 1.807) is 23.6 Å². The van der Waals surface area contributed by atoms with E-state index in [0.29, 0.717) is 5.69 Å². The lowest BCUT2D eigenvalue weighted by atomic mass is 10.1. The van der Waals surface area contributed by atoms with Crippen molar-refractivity contribution in [1.82, 2.24) is 0 Å². The van der Waals surface area contributed by atoms with Gasteiger partial charge in [0.25, 0.3) is 15.9 Å². The number of hydrogen-bond donors (Lipinski definition) is 2. The molecule has 0 aliphatic rings. The molecule has 7 nitrogen and oxygen atoms in total. The van der Waals surface area contributed by atoms with E-state index in [1.165, 1.54) is 18.2 Å². The molecule has 3 aromatic rings. The van der Waals surface area contributed by atoms with Crippen LogP contribution in [0.2, 0.25) is 0 Å². The van der Waals surface area contributed by atoms with Gasteiger partial charge in [0.2, 0.25) is 0 Å². The molecule has 1 heterocycles. The van der Waals surface area contributed by atoms with Crippen LogP contribution in [0.1, 0.15) is 21.5 Å². The van der Waals surface area contributed by atoms with Gasteiger partial charge in [-0.05, 0) is 48.6 Å². The third-order valence-electron chi connectivity index (χ3n) is 4.23. The molecule has 0 unspecified atom stereocenters. The Morgan fingerprint density at radius 3 is 2.33 bits per heavy atom. The molecule has 0 aliphatic heterocycles. The minimum absolute atomic E-state index is 0.0116. The molecule has 0 bridgehead atoms. The van der Waals surface area contributed by atoms with Gasteiger partial charge in [0, 0.05) is 5.69 Å². The number of esters is 1. The number of carbonyl (C=O) groups is 2. The highest BCUT2D eigenvalue weighted by Crippen LogP contribution is 2.23. The third-order valence-corrected chi connectivity index (χ3v) is 6.99. The first-order valence-electron chi connectivity index (χ1n) is 8.96. The summed E-state index contributed by atoms with van der Waals surface area (Å²) in [7, 11) is -3.83. The second-order valence-electron chi connectivity index (χ2n) is 6.47. The van der Waals surface area contributed by atoms with Crippen LogP contribution in [0.25, 0.3) is 0 Å². The summed E-state index contributed by atoms with van der Waals surface area (Å²) in [5.41, 5.74) is 2.54. The topological polar surface area (TPSA) is 102 Å². The van der Waals surface area contributed by atoms with Crippen molar-refractivity contribution in [2.24, 2.45) is 0 Å². The molecule has 156 valence electrons. The van der Waals surface area contributed by atoms with Crippen molar-refractivity contribution in [2.75, 3.05) is 16.6 Å². The van der Waals surface area contributed by atoms with Crippen molar-refractivity contribution < 1.29 is 22.7 Å². The van der Waals surface area contributed by atoms with Crippen LogP contribution in [0.15, 0.2) is 64.2 Å². The summed E-state index contributed by atoms with van der Waals surface area (Å²) < 4.78 is 32.5. The summed E-state index contributed by atoms with van der Waals surface area (Å²) in [5.74, 6) is -1.30. The Bertz CT molecular complexity index is 1150. The van der Waals surface area contributed by atoms with Crippen molar-refractivity contribution in [3.8, 4) is 0 Å². The van der Waals surface area contributed by atoms with Crippen LogP contribution in [0.4, 0.5) is 11.4 Å². The highest BCUT2D eigenvalue weighted by molar-refractivity contribution is 7.94. The standard InChI is InChI=1S/C21H20N2O5S2/c1-14-7-5-8-15(2)20(14)22-18(24)13-28-21(25)16-9-3-4-10-17(16)23-30(26,27)19-11-6-12-29-19/h3-12,23H,13H2,1-2H3,(H,22,24). The molecule has 0 aliphatic carbocycles. The third kappa shape index (κ3) is 5.05. The second-order valence-corrected chi connectivity index (χ2v) is 9.33. The summed E-state index contributed by atoms with van der Waals surface area (Å²) in [6.07, 6.45) is 0. The summed E-state index contributed by atoms with van der Waals surface area (Å²) in [5, 5.41) is 4.37. The largest absolute Gasteiger partial charge is 0.452 e. The monoisotopic (exact) mass is 444 g/mol. The van der Waals surface area contributed by atoms with Crippen LogP contribution in [-0.4, -0.2) is 26.9 Å². The van der Waals surface area contributed by atoms with E-state index in [1.807, 2.05) is 32.0 Å². The summed E-state index contributed by atoms with van der Waals surface area (Å²) >= 11 is 1.06. The van der Waals surface area contributed by atoms with Gasteiger partial charge >= 0.3 is 5.97 Å². The van der Waals surface area contributed by atoms with Gasteiger partial charge in [-0.25, -0.2) is 13.2 Å². The van der Waals surface area contributed by atoms with Gasteiger partial charge in [0.1, 0.15) is 4.21 Å². The number of ether oxygens (including phenoxy) is 1. The average molecular weight is 445 g/mol. The van der Waals surface area contributed by atoms with Gasteiger partial charge in [-0.2, -0.15) is 0 Å². The quantitative estimate of drug-likeness (QED) is 0.537. The zero-order chi connectivity index (χ0) is 21.7. The summed E-state index contributed by atoms with van der Waals surface area (Å²) in [6.45, 7) is 3.23. The molecule has 2 aromatic carbocycles. The predicted octanol–water partition coefficient (Wildman–Crippen LogP) is 3.96. The Morgan fingerprint density at radius 2 is 1.67 bits per heavy atom. The van der Waals surface area contributed by atoms with E-state index < -0.39 is 28.5 Å². The maximum absolute atomic E-state index is 12.5. The molecule has 9 heteroatoms. The average Bonchev–Trinajstić information content (AvgIpc) is 3.25.